The molecule has 1 aromatic heterocycles. The van der Waals surface area contributed by atoms with Crippen LogP contribution in [0.25, 0.3) is 22.6 Å². The number of oxazole rings is 1. The average molecular weight is 469 g/mol. The number of nitrogens with one attached hydrogen (secondary N) is 1. The molecule has 0 radical (unpaired) electrons. The fourth-order valence-corrected chi connectivity index (χ4v) is 3.67. The minimum absolute atomic E-state index is 0.246. The predicted octanol–water partition coefficient (Wildman–Crippen LogP) is 6.50. The molecule has 0 aliphatic carbocycles. The number of ether oxygens (including phenoxy) is 1. The number of nitrogens with zero attached hydrogens (tertiary/aromatic N) is 1. The third kappa shape index (κ3) is 4.90. The third-order valence-electron chi connectivity index (χ3n) is 5.24. The molecular formula is C25H22Cl2N2O3. The molecule has 32 heavy (non-hydrogen) atoms. The van der Waals surface area contributed by atoms with Gasteiger partial charge in [-0.1, -0.05) is 35.3 Å². The smallest absolute Gasteiger partial charge is 0.261 e. The van der Waals surface area contributed by atoms with Gasteiger partial charge in [-0.25, -0.2) is 4.98 Å². The highest BCUT2D eigenvalue weighted by atomic mass is 35.5. The van der Waals surface area contributed by atoms with Gasteiger partial charge < -0.3 is 14.5 Å². The fourth-order valence-electron chi connectivity index (χ4n) is 3.22. The van der Waals surface area contributed by atoms with Crippen molar-refractivity contribution >= 4 is 40.2 Å². The van der Waals surface area contributed by atoms with Crippen LogP contribution in [0.5, 0.6) is 5.75 Å². The molecule has 0 aliphatic heterocycles. The Balaban J connectivity index is 1.38. The molecule has 1 N–H and O–H groups in total. The van der Waals surface area contributed by atoms with Crippen LogP contribution in [0.4, 0.5) is 0 Å². The maximum atomic E-state index is 12.4. The monoisotopic (exact) mass is 468 g/mol. The number of aryl methyl sites for hydroxylation is 2. The summed E-state index contributed by atoms with van der Waals surface area (Å²) in [5.74, 6) is 0.735. The highest BCUT2D eigenvalue weighted by molar-refractivity contribution is 6.35. The van der Waals surface area contributed by atoms with Crippen LogP contribution in [0.2, 0.25) is 10.0 Å². The summed E-state index contributed by atoms with van der Waals surface area (Å²) in [7, 11) is 0. The lowest BCUT2D eigenvalue weighted by atomic mass is 10.1. The molecule has 1 atom stereocenters. The first-order valence-electron chi connectivity index (χ1n) is 10.2. The normalized spacial score (nSPS) is 12.0. The van der Waals surface area contributed by atoms with Gasteiger partial charge in [-0.3, -0.25) is 4.79 Å². The molecule has 0 aliphatic rings. The van der Waals surface area contributed by atoms with Crippen LogP contribution >= 0.6 is 23.2 Å². The van der Waals surface area contributed by atoms with Crippen molar-refractivity contribution in [2.45, 2.75) is 33.4 Å². The predicted molar refractivity (Wildman–Crippen MR) is 127 cm³/mol. The molecule has 4 aromatic rings. The van der Waals surface area contributed by atoms with Crippen molar-refractivity contribution in [1.29, 1.82) is 0 Å². The van der Waals surface area contributed by atoms with E-state index in [1.165, 1.54) is 11.1 Å². The number of hydrogen-bond acceptors (Lipinski definition) is 4. The number of hydrogen-bond donors (Lipinski definition) is 1. The van der Waals surface area contributed by atoms with Gasteiger partial charge in [0.1, 0.15) is 11.3 Å². The number of aromatic nitrogens is 1. The molecule has 164 valence electrons. The quantitative estimate of drug-likeness (QED) is 0.350. The van der Waals surface area contributed by atoms with E-state index >= 15 is 0 Å². The third-order valence-corrected chi connectivity index (χ3v) is 5.77. The van der Waals surface area contributed by atoms with Gasteiger partial charge in [0.05, 0.1) is 5.02 Å². The number of rotatable bonds is 6. The Morgan fingerprint density at radius 3 is 2.50 bits per heavy atom. The lowest BCUT2D eigenvalue weighted by Crippen LogP contribution is -2.35. The van der Waals surface area contributed by atoms with E-state index in [0.29, 0.717) is 28.2 Å². The second-order valence-electron chi connectivity index (χ2n) is 7.67. The minimum atomic E-state index is -0.709. The first-order valence-corrected chi connectivity index (χ1v) is 10.9. The molecule has 0 unspecified atom stereocenters. The van der Waals surface area contributed by atoms with Gasteiger partial charge >= 0.3 is 0 Å². The van der Waals surface area contributed by atoms with E-state index in [1.54, 1.807) is 25.1 Å². The first-order chi connectivity index (χ1) is 15.3. The standard InChI is InChI=1S/C25H22Cl2N2O3/c1-14-10-21-23(11-15(14)2)32-25(29-21)18-6-4-17(5-7-18)13-28-24(30)16(3)31-22-9-8-19(26)12-20(22)27/h4-12,16H,13H2,1-3H3,(H,28,30)/t16-/m0/s1. The first kappa shape index (κ1) is 22.2. The van der Waals surface area contributed by atoms with Crippen molar-refractivity contribution in [3.05, 3.63) is 81.3 Å². The van der Waals surface area contributed by atoms with E-state index < -0.39 is 6.10 Å². The molecule has 0 fully saturated rings. The topological polar surface area (TPSA) is 64.4 Å². The Morgan fingerprint density at radius 2 is 1.78 bits per heavy atom. The molecule has 4 rings (SSSR count). The molecule has 1 heterocycles. The van der Waals surface area contributed by atoms with Crippen LogP contribution in [0.15, 0.2) is 59.0 Å². The van der Waals surface area contributed by atoms with Crippen LogP contribution in [-0.4, -0.2) is 17.0 Å². The number of amides is 1. The van der Waals surface area contributed by atoms with Crippen molar-refractivity contribution in [2.24, 2.45) is 0 Å². The molecule has 0 saturated carbocycles. The zero-order chi connectivity index (χ0) is 22.8. The largest absolute Gasteiger partial charge is 0.479 e. The lowest BCUT2D eigenvalue weighted by Gasteiger charge is -2.16. The molecule has 0 spiro atoms. The van der Waals surface area contributed by atoms with E-state index in [1.807, 2.05) is 36.4 Å². The van der Waals surface area contributed by atoms with Crippen molar-refractivity contribution in [2.75, 3.05) is 0 Å². The molecule has 7 heteroatoms. The van der Waals surface area contributed by atoms with E-state index in [0.717, 1.165) is 22.2 Å². The molecule has 0 bridgehead atoms. The van der Waals surface area contributed by atoms with E-state index in [4.69, 9.17) is 32.4 Å². The van der Waals surface area contributed by atoms with Gasteiger partial charge in [0.2, 0.25) is 5.89 Å². The van der Waals surface area contributed by atoms with Crippen molar-refractivity contribution < 1.29 is 13.9 Å². The second-order valence-corrected chi connectivity index (χ2v) is 8.52. The fraction of sp³-hybridized carbons (Fsp3) is 0.200. The summed E-state index contributed by atoms with van der Waals surface area (Å²) in [5.41, 5.74) is 5.79. The minimum Gasteiger partial charge on any atom is -0.479 e. The summed E-state index contributed by atoms with van der Waals surface area (Å²) < 4.78 is 11.6. The molecule has 5 nitrogen and oxygen atoms in total. The van der Waals surface area contributed by atoms with Crippen LogP contribution < -0.4 is 10.1 Å². The summed E-state index contributed by atoms with van der Waals surface area (Å²) in [6.45, 7) is 6.14. The maximum Gasteiger partial charge on any atom is 0.261 e. The zero-order valence-electron chi connectivity index (χ0n) is 17.9. The summed E-state index contributed by atoms with van der Waals surface area (Å²) in [6.07, 6.45) is -0.709. The Labute approximate surface area is 196 Å². The van der Waals surface area contributed by atoms with Gasteiger partial charge in [-0.15, -0.1) is 0 Å². The summed E-state index contributed by atoms with van der Waals surface area (Å²) in [4.78, 5) is 17.0. The van der Waals surface area contributed by atoms with E-state index in [-0.39, 0.29) is 5.91 Å². The lowest BCUT2D eigenvalue weighted by molar-refractivity contribution is -0.127. The number of carbonyl (C=O) groups is 1. The Bertz CT molecular complexity index is 1240. The number of halogens is 2. The highest BCUT2D eigenvalue weighted by Crippen LogP contribution is 2.29. The van der Waals surface area contributed by atoms with Gasteiger partial charge in [0.15, 0.2) is 11.7 Å². The van der Waals surface area contributed by atoms with E-state index in [9.17, 15) is 4.79 Å². The zero-order valence-corrected chi connectivity index (χ0v) is 19.4. The van der Waals surface area contributed by atoms with Crippen molar-refractivity contribution in [3.63, 3.8) is 0 Å². The van der Waals surface area contributed by atoms with Crippen LogP contribution in [-0.2, 0) is 11.3 Å². The van der Waals surface area contributed by atoms with E-state index in [2.05, 4.69) is 24.1 Å². The molecule has 0 saturated heterocycles. The Kier molecular flexibility index (Phi) is 6.40. The Hall–Kier alpha value is -3.02. The Morgan fingerprint density at radius 1 is 1.06 bits per heavy atom. The SMILES string of the molecule is Cc1cc2nc(-c3ccc(CNC(=O)[C@H](C)Oc4ccc(Cl)cc4Cl)cc3)oc2cc1C. The average Bonchev–Trinajstić information content (AvgIpc) is 3.17. The van der Waals surface area contributed by atoms with Gasteiger partial charge in [-0.05, 0) is 79.9 Å². The van der Waals surface area contributed by atoms with Gasteiger partial charge in [0, 0.05) is 17.1 Å². The molecular weight excluding hydrogens is 447 g/mol. The molecule has 1 amide bonds. The number of benzene rings is 3. The van der Waals surface area contributed by atoms with Crippen molar-refractivity contribution in [3.8, 4) is 17.2 Å². The van der Waals surface area contributed by atoms with Gasteiger partial charge in [-0.2, -0.15) is 0 Å². The number of fused-ring (bicyclic) bond motifs is 1. The van der Waals surface area contributed by atoms with Crippen LogP contribution in [0, 0.1) is 13.8 Å². The van der Waals surface area contributed by atoms with Crippen LogP contribution in [0.3, 0.4) is 0 Å². The van der Waals surface area contributed by atoms with Crippen LogP contribution in [0.1, 0.15) is 23.6 Å². The van der Waals surface area contributed by atoms with Gasteiger partial charge in [0.25, 0.3) is 5.91 Å². The number of carbonyl (C=O) groups excluding carboxylic acids is 1. The summed E-state index contributed by atoms with van der Waals surface area (Å²) >= 11 is 12.0. The molecule has 3 aromatic carbocycles. The maximum absolute atomic E-state index is 12.4. The second kappa shape index (κ2) is 9.23. The summed E-state index contributed by atoms with van der Waals surface area (Å²) in [6, 6.07) is 16.6. The van der Waals surface area contributed by atoms with Crippen molar-refractivity contribution in [1.82, 2.24) is 10.3 Å². The highest BCUT2D eigenvalue weighted by Gasteiger charge is 2.16. The summed E-state index contributed by atoms with van der Waals surface area (Å²) in [5, 5.41) is 3.73.